The number of nitrogens with zero attached hydrogens (tertiary/aromatic N) is 1. The maximum atomic E-state index is 11.1. The highest BCUT2D eigenvalue weighted by Crippen LogP contribution is 2.23. The van der Waals surface area contributed by atoms with E-state index in [-0.39, 0.29) is 0 Å². The Balaban J connectivity index is 2.15. The number of carbonyl (C=O) groups is 1. The summed E-state index contributed by atoms with van der Waals surface area (Å²) in [4.78, 5) is 13.0. The van der Waals surface area contributed by atoms with E-state index in [1.165, 1.54) is 0 Å². The topological polar surface area (TPSA) is 92.6 Å². The molecule has 5 nitrogen and oxygen atoms in total. The minimum Gasteiger partial charge on any atom is -0.480 e. The van der Waals surface area contributed by atoms with Crippen molar-refractivity contribution in [3.8, 4) is 0 Å². The summed E-state index contributed by atoms with van der Waals surface area (Å²) in [6, 6.07) is 4.93. The van der Waals surface area contributed by atoms with Crippen molar-refractivity contribution in [2.24, 2.45) is 0 Å². The van der Waals surface area contributed by atoms with Gasteiger partial charge in [0.2, 0.25) is 0 Å². The van der Waals surface area contributed by atoms with Crippen LogP contribution in [0.3, 0.4) is 0 Å². The summed E-state index contributed by atoms with van der Waals surface area (Å²) >= 11 is 0. The second-order valence-corrected chi connectivity index (χ2v) is 4.42. The first-order chi connectivity index (χ1) is 8.08. The highest BCUT2D eigenvalue weighted by molar-refractivity contribution is 5.73. The summed E-state index contributed by atoms with van der Waals surface area (Å²) in [5.41, 5.74) is 13.8. The van der Waals surface area contributed by atoms with Gasteiger partial charge in [0, 0.05) is 17.9 Å². The van der Waals surface area contributed by atoms with Gasteiger partial charge in [0.05, 0.1) is 0 Å². The highest BCUT2D eigenvalue weighted by Gasteiger charge is 2.30. The van der Waals surface area contributed by atoms with Crippen molar-refractivity contribution in [2.75, 3.05) is 18.0 Å². The predicted molar refractivity (Wildman–Crippen MR) is 66.3 cm³/mol. The van der Waals surface area contributed by atoms with E-state index in [9.17, 15) is 4.79 Å². The van der Waals surface area contributed by atoms with Gasteiger partial charge in [0.25, 0.3) is 0 Å². The summed E-state index contributed by atoms with van der Waals surface area (Å²) < 4.78 is 0. The Morgan fingerprint density at radius 1 is 1.47 bits per heavy atom. The molecule has 1 aromatic carbocycles. The van der Waals surface area contributed by atoms with Gasteiger partial charge in [-0.3, -0.25) is 9.69 Å². The van der Waals surface area contributed by atoms with E-state index in [0.29, 0.717) is 24.3 Å². The number of hydrogen-bond donors (Lipinski definition) is 3. The second-order valence-electron chi connectivity index (χ2n) is 4.42. The molecule has 0 spiro atoms. The van der Waals surface area contributed by atoms with Gasteiger partial charge in [0.15, 0.2) is 0 Å². The number of rotatable bonds is 3. The molecule has 0 aromatic heterocycles. The molecule has 1 aliphatic rings. The monoisotopic (exact) mass is 235 g/mol. The molecule has 5 N–H and O–H groups in total. The normalized spacial score (nSPS) is 20.6. The molecule has 1 aromatic rings. The first-order valence-corrected chi connectivity index (χ1v) is 5.68. The Morgan fingerprint density at radius 2 is 2.24 bits per heavy atom. The lowest BCUT2D eigenvalue weighted by molar-refractivity contribution is -0.142. The first kappa shape index (κ1) is 11.7. The van der Waals surface area contributed by atoms with Crippen LogP contribution in [-0.4, -0.2) is 28.6 Å². The van der Waals surface area contributed by atoms with Crippen LogP contribution >= 0.6 is 0 Å². The van der Waals surface area contributed by atoms with Crippen LogP contribution in [0.5, 0.6) is 0 Å². The molecule has 1 saturated heterocycles. The van der Waals surface area contributed by atoms with Crippen LogP contribution in [0, 0.1) is 0 Å². The van der Waals surface area contributed by atoms with E-state index in [2.05, 4.69) is 0 Å². The molecule has 1 fully saturated rings. The lowest BCUT2D eigenvalue weighted by Crippen LogP contribution is -2.35. The van der Waals surface area contributed by atoms with Gasteiger partial charge in [0.1, 0.15) is 6.04 Å². The highest BCUT2D eigenvalue weighted by atomic mass is 16.4. The number of carboxylic acids is 1. The van der Waals surface area contributed by atoms with Crippen LogP contribution in [0.15, 0.2) is 18.2 Å². The van der Waals surface area contributed by atoms with Crippen molar-refractivity contribution in [2.45, 2.75) is 25.4 Å². The molecule has 0 aliphatic carbocycles. The zero-order valence-corrected chi connectivity index (χ0v) is 9.60. The number of nitrogens with two attached hydrogens (primary N) is 2. The molecule has 92 valence electrons. The summed E-state index contributed by atoms with van der Waals surface area (Å²) in [5, 5.41) is 9.09. The van der Waals surface area contributed by atoms with Crippen molar-refractivity contribution < 1.29 is 9.90 Å². The third-order valence-corrected chi connectivity index (χ3v) is 3.19. The van der Waals surface area contributed by atoms with Crippen molar-refractivity contribution >= 4 is 17.3 Å². The standard InChI is InChI=1S/C12H17N3O2/c13-9-3-4-10(14)8(6-9)7-15-5-1-2-11(15)12(16)17/h3-4,6,11H,1-2,5,7,13-14H2,(H,16,17). The van der Waals surface area contributed by atoms with Crippen molar-refractivity contribution in [1.29, 1.82) is 0 Å². The predicted octanol–water partition coefficient (Wildman–Crippen LogP) is 0.900. The summed E-state index contributed by atoms with van der Waals surface area (Å²) in [6.07, 6.45) is 1.62. The van der Waals surface area contributed by atoms with E-state index >= 15 is 0 Å². The fourth-order valence-electron chi connectivity index (χ4n) is 2.28. The molecule has 1 atom stereocenters. The Morgan fingerprint density at radius 3 is 2.94 bits per heavy atom. The van der Waals surface area contributed by atoms with Gasteiger partial charge < -0.3 is 16.6 Å². The molecule has 2 rings (SSSR count). The molecule has 1 aliphatic heterocycles. The Kier molecular flexibility index (Phi) is 3.19. The molecule has 0 bridgehead atoms. The van der Waals surface area contributed by atoms with E-state index in [0.717, 1.165) is 18.5 Å². The third kappa shape index (κ3) is 2.50. The molecular weight excluding hydrogens is 218 g/mol. The Labute approximate surface area is 100 Å². The molecule has 5 heteroatoms. The van der Waals surface area contributed by atoms with Gasteiger partial charge >= 0.3 is 5.97 Å². The second kappa shape index (κ2) is 4.63. The largest absolute Gasteiger partial charge is 0.480 e. The zero-order valence-electron chi connectivity index (χ0n) is 9.60. The minimum atomic E-state index is -0.759. The first-order valence-electron chi connectivity index (χ1n) is 5.68. The van der Waals surface area contributed by atoms with Crippen molar-refractivity contribution in [3.05, 3.63) is 23.8 Å². The number of likely N-dealkylation sites (tertiary alicyclic amines) is 1. The zero-order chi connectivity index (χ0) is 12.4. The van der Waals surface area contributed by atoms with Crippen LogP contribution in [-0.2, 0) is 11.3 Å². The number of benzene rings is 1. The Bertz CT molecular complexity index is 434. The SMILES string of the molecule is Nc1ccc(N)c(CN2CCCC2C(=O)O)c1. The van der Waals surface area contributed by atoms with E-state index in [1.54, 1.807) is 12.1 Å². The number of nitrogen functional groups attached to an aromatic ring is 2. The van der Waals surface area contributed by atoms with Crippen molar-refractivity contribution in [3.63, 3.8) is 0 Å². The smallest absolute Gasteiger partial charge is 0.320 e. The lowest BCUT2D eigenvalue weighted by atomic mass is 10.1. The summed E-state index contributed by atoms with van der Waals surface area (Å²) in [7, 11) is 0. The molecule has 1 heterocycles. The van der Waals surface area contributed by atoms with Gasteiger partial charge in [-0.25, -0.2) is 0 Å². The van der Waals surface area contributed by atoms with E-state index < -0.39 is 12.0 Å². The number of hydrogen-bond acceptors (Lipinski definition) is 4. The van der Waals surface area contributed by atoms with Crippen LogP contribution < -0.4 is 11.5 Å². The molecule has 1 unspecified atom stereocenters. The van der Waals surface area contributed by atoms with Crippen molar-refractivity contribution in [1.82, 2.24) is 4.90 Å². The fourth-order valence-corrected chi connectivity index (χ4v) is 2.28. The van der Waals surface area contributed by atoms with E-state index in [4.69, 9.17) is 16.6 Å². The quantitative estimate of drug-likeness (QED) is 0.677. The van der Waals surface area contributed by atoms with Crippen LogP contribution in [0.1, 0.15) is 18.4 Å². The van der Waals surface area contributed by atoms with E-state index in [1.807, 2.05) is 11.0 Å². The Hall–Kier alpha value is -1.75. The fraction of sp³-hybridized carbons (Fsp3) is 0.417. The summed E-state index contributed by atoms with van der Waals surface area (Å²) in [5.74, 6) is -0.759. The lowest BCUT2D eigenvalue weighted by Gasteiger charge is -2.21. The average Bonchev–Trinajstić information content (AvgIpc) is 2.71. The average molecular weight is 235 g/mol. The summed E-state index contributed by atoms with van der Waals surface area (Å²) in [6.45, 7) is 1.35. The van der Waals surface area contributed by atoms with Gasteiger partial charge in [-0.1, -0.05) is 0 Å². The van der Waals surface area contributed by atoms with Gasteiger partial charge in [-0.05, 0) is 43.1 Å². The molecule has 0 saturated carbocycles. The minimum absolute atomic E-state index is 0.393. The third-order valence-electron chi connectivity index (χ3n) is 3.19. The maximum Gasteiger partial charge on any atom is 0.320 e. The molecule has 17 heavy (non-hydrogen) atoms. The van der Waals surface area contributed by atoms with Crippen LogP contribution in [0.25, 0.3) is 0 Å². The molecule has 0 radical (unpaired) electrons. The molecular formula is C12H17N3O2. The number of aliphatic carboxylic acids is 1. The van der Waals surface area contributed by atoms with Gasteiger partial charge in [-0.2, -0.15) is 0 Å². The van der Waals surface area contributed by atoms with Crippen LogP contribution in [0.4, 0.5) is 11.4 Å². The maximum absolute atomic E-state index is 11.1. The van der Waals surface area contributed by atoms with Crippen LogP contribution in [0.2, 0.25) is 0 Å². The van der Waals surface area contributed by atoms with Gasteiger partial charge in [-0.15, -0.1) is 0 Å². The number of anilines is 2. The number of carboxylic acid groups (broad SMARTS) is 1. The molecule has 0 amide bonds.